The second-order valence-corrected chi connectivity index (χ2v) is 5.00. The molecule has 3 nitrogen and oxygen atoms in total. The molecule has 0 spiro atoms. The van der Waals surface area contributed by atoms with Gasteiger partial charge in [0, 0.05) is 34.7 Å². The molecular formula is C12H14N2OS. The van der Waals surface area contributed by atoms with Crippen molar-refractivity contribution in [2.45, 2.75) is 25.2 Å². The van der Waals surface area contributed by atoms with Crippen LogP contribution >= 0.6 is 11.3 Å². The van der Waals surface area contributed by atoms with Crippen molar-refractivity contribution in [3.63, 3.8) is 0 Å². The van der Waals surface area contributed by atoms with E-state index in [1.54, 1.807) is 11.3 Å². The minimum Gasteiger partial charge on any atom is -0.396 e. The summed E-state index contributed by atoms with van der Waals surface area (Å²) in [7, 11) is 0. The highest BCUT2D eigenvalue weighted by atomic mass is 32.1. The summed E-state index contributed by atoms with van der Waals surface area (Å²) in [6.45, 7) is 0.191. The van der Waals surface area contributed by atoms with E-state index in [0.29, 0.717) is 12.3 Å². The van der Waals surface area contributed by atoms with Crippen LogP contribution in [-0.4, -0.2) is 21.9 Å². The maximum atomic E-state index is 9.15. The molecule has 0 saturated heterocycles. The highest BCUT2D eigenvalue weighted by Gasteiger charge is 2.29. The van der Waals surface area contributed by atoms with Gasteiger partial charge in [0.1, 0.15) is 0 Å². The topological polar surface area (TPSA) is 48.9 Å². The largest absolute Gasteiger partial charge is 0.396 e. The number of aromatic amines is 1. The predicted molar refractivity (Wildman–Crippen MR) is 64.7 cm³/mol. The zero-order valence-corrected chi connectivity index (χ0v) is 9.76. The Balaban J connectivity index is 2.03. The van der Waals surface area contributed by atoms with Crippen molar-refractivity contribution in [3.8, 4) is 11.3 Å². The molecule has 4 heteroatoms. The Bertz CT molecular complexity index is 471. The molecule has 0 radical (unpaired) electrons. The number of hydrogen-bond donors (Lipinski definition) is 2. The average Bonchev–Trinajstić information content (AvgIpc) is 2.84. The van der Waals surface area contributed by atoms with E-state index < -0.39 is 0 Å². The molecule has 1 aliphatic carbocycles. The van der Waals surface area contributed by atoms with Gasteiger partial charge in [0.25, 0.3) is 0 Å². The van der Waals surface area contributed by atoms with E-state index >= 15 is 0 Å². The van der Waals surface area contributed by atoms with Crippen LogP contribution in [0.3, 0.4) is 0 Å². The molecule has 0 aromatic carbocycles. The summed E-state index contributed by atoms with van der Waals surface area (Å²) in [6, 6.07) is 2.08. The van der Waals surface area contributed by atoms with E-state index in [-0.39, 0.29) is 6.61 Å². The Morgan fingerprint density at radius 2 is 2.38 bits per heavy atom. The Morgan fingerprint density at radius 1 is 1.50 bits per heavy atom. The second-order valence-electron chi connectivity index (χ2n) is 4.22. The molecule has 2 heterocycles. The third-order valence-electron chi connectivity index (χ3n) is 3.04. The highest BCUT2D eigenvalue weighted by Crippen LogP contribution is 2.42. The first-order valence-electron chi connectivity index (χ1n) is 5.60. The summed E-state index contributed by atoms with van der Waals surface area (Å²) in [5.41, 5.74) is 4.65. The lowest BCUT2D eigenvalue weighted by Crippen LogP contribution is -1.95. The smallest absolute Gasteiger partial charge is 0.0964 e. The first kappa shape index (κ1) is 10.1. The Hall–Kier alpha value is -1.13. The maximum Gasteiger partial charge on any atom is 0.0964 e. The van der Waals surface area contributed by atoms with Crippen LogP contribution in [0.2, 0.25) is 0 Å². The molecule has 2 aromatic heterocycles. The Labute approximate surface area is 98.1 Å². The summed E-state index contributed by atoms with van der Waals surface area (Å²) < 4.78 is 0. The predicted octanol–water partition coefficient (Wildman–Crippen LogP) is 2.55. The molecule has 3 rings (SSSR count). The van der Waals surface area contributed by atoms with Crippen LogP contribution in [0.5, 0.6) is 0 Å². The fraction of sp³-hybridized carbons (Fsp3) is 0.417. The Morgan fingerprint density at radius 3 is 3.00 bits per heavy atom. The van der Waals surface area contributed by atoms with Crippen LogP contribution in [0, 0.1) is 0 Å². The third kappa shape index (κ3) is 1.68. The number of aromatic nitrogens is 2. The van der Waals surface area contributed by atoms with Crippen molar-refractivity contribution in [2.24, 2.45) is 0 Å². The van der Waals surface area contributed by atoms with Gasteiger partial charge >= 0.3 is 0 Å². The van der Waals surface area contributed by atoms with E-state index in [9.17, 15) is 0 Å². The lowest BCUT2D eigenvalue weighted by Gasteiger charge is -2.01. The number of hydrogen-bond acceptors (Lipinski definition) is 3. The molecule has 84 valence electrons. The van der Waals surface area contributed by atoms with Gasteiger partial charge in [-0.05, 0) is 30.7 Å². The number of aliphatic hydroxyl groups excluding tert-OH is 1. The molecular weight excluding hydrogens is 220 g/mol. The van der Waals surface area contributed by atoms with E-state index in [1.807, 2.05) is 0 Å². The van der Waals surface area contributed by atoms with E-state index in [4.69, 9.17) is 5.11 Å². The molecule has 1 aliphatic rings. The van der Waals surface area contributed by atoms with Crippen molar-refractivity contribution < 1.29 is 5.11 Å². The van der Waals surface area contributed by atoms with Gasteiger partial charge in [0.15, 0.2) is 0 Å². The molecule has 1 saturated carbocycles. The third-order valence-corrected chi connectivity index (χ3v) is 3.72. The lowest BCUT2D eigenvalue weighted by atomic mass is 10.0. The van der Waals surface area contributed by atoms with Crippen molar-refractivity contribution >= 4 is 11.3 Å². The lowest BCUT2D eigenvalue weighted by molar-refractivity contribution is 0.299. The number of nitrogens with one attached hydrogen (secondary N) is 1. The molecule has 0 aliphatic heterocycles. The number of nitrogens with zero attached hydrogens (tertiary/aromatic N) is 1. The standard InChI is InChI=1S/C12H14N2OS/c15-5-3-10-11(8-1-2-8)13-14-12(10)9-4-6-16-7-9/h4,6-8,15H,1-3,5H2,(H,13,14). The van der Waals surface area contributed by atoms with Crippen LogP contribution < -0.4 is 0 Å². The quantitative estimate of drug-likeness (QED) is 0.854. The van der Waals surface area contributed by atoms with Gasteiger partial charge in [-0.15, -0.1) is 0 Å². The maximum absolute atomic E-state index is 9.15. The van der Waals surface area contributed by atoms with Crippen molar-refractivity contribution in [3.05, 3.63) is 28.1 Å². The second kappa shape index (κ2) is 4.03. The van der Waals surface area contributed by atoms with Gasteiger partial charge in [-0.1, -0.05) is 0 Å². The minimum absolute atomic E-state index is 0.191. The first-order chi connectivity index (χ1) is 7.90. The zero-order chi connectivity index (χ0) is 11.0. The van der Waals surface area contributed by atoms with Gasteiger partial charge in [-0.3, -0.25) is 5.10 Å². The van der Waals surface area contributed by atoms with Crippen molar-refractivity contribution in [2.75, 3.05) is 6.61 Å². The van der Waals surface area contributed by atoms with E-state index in [0.717, 1.165) is 11.3 Å². The fourth-order valence-corrected chi connectivity index (χ4v) is 2.73. The van der Waals surface area contributed by atoms with Crippen LogP contribution in [0.1, 0.15) is 30.0 Å². The van der Waals surface area contributed by atoms with Gasteiger partial charge < -0.3 is 5.11 Å². The fourth-order valence-electron chi connectivity index (χ4n) is 2.09. The summed E-state index contributed by atoms with van der Waals surface area (Å²) in [6.07, 6.45) is 3.21. The molecule has 2 N–H and O–H groups in total. The number of H-pyrrole nitrogens is 1. The summed E-state index contributed by atoms with van der Waals surface area (Å²) in [5.74, 6) is 0.654. The Kier molecular flexibility index (Phi) is 2.53. The van der Waals surface area contributed by atoms with Gasteiger partial charge in [0.05, 0.1) is 5.69 Å². The van der Waals surface area contributed by atoms with E-state index in [2.05, 4.69) is 27.0 Å². The highest BCUT2D eigenvalue weighted by molar-refractivity contribution is 7.08. The summed E-state index contributed by atoms with van der Waals surface area (Å²) in [5, 5.41) is 20.9. The molecule has 0 atom stereocenters. The molecule has 0 amide bonds. The molecule has 2 aromatic rings. The average molecular weight is 234 g/mol. The van der Waals surface area contributed by atoms with Crippen molar-refractivity contribution in [1.29, 1.82) is 0 Å². The van der Waals surface area contributed by atoms with Gasteiger partial charge in [0.2, 0.25) is 0 Å². The molecule has 0 unspecified atom stereocenters. The van der Waals surface area contributed by atoms with Crippen molar-refractivity contribution in [1.82, 2.24) is 10.2 Å². The molecule has 0 bridgehead atoms. The summed E-state index contributed by atoms with van der Waals surface area (Å²) in [4.78, 5) is 0. The zero-order valence-electron chi connectivity index (χ0n) is 8.94. The van der Waals surface area contributed by atoms with Crippen LogP contribution in [0.4, 0.5) is 0 Å². The molecule has 16 heavy (non-hydrogen) atoms. The number of rotatable bonds is 4. The van der Waals surface area contributed by atoms with E-state index in [1.165, 1.54) is 24.1 Å². The van der Waals surface area contributed by atoms with Gasteiger partial charge in [-0.25, -0.2) is 0 Å². The SMILES string of the molecule is OCCc1c(-c2ccsc2)n[nH]c1C1CC1. The van der Waals surface area contributed by atoms with Crippen LogP contribution in [0.15, 0.2) is 16.8 Å². The summed E-state index contributed by atoms with van der Waals surface area (Å²) >= 11 is 1.68. The van der Waals surface area contributed by atoms with Gasteiger partial charge in [-0.2, -0.15) is 16.4 Å². The molecule has 1 fully saturated rings. The van der Waals surface area contributed by atoms with Crippen LogP contribution in [-0.2, 0) is 6.42 Å². The monoisotopic (exact) mass is 234 g/mol. The van der Waals surface area contributed by atoms with Crippen LogP contribution in [0.25, 0.3) is 11.3 Å². The minimum atomic E-state index is 0.191. The number of thiophene rings is 1. The number of aliphatic hydroxyl groups is 1. The normalized spacial score (nSPS) is 15.6. The first-order valence-corrected chi connectivity index (χ1v) is 6.55.